The lowest BCUT2D eigenvalue weighted by Gasteiger charge is -2.22. The van der Waals surface area contributed by atoms with Crippen molar-refractivity contribution in [2.45, 2.75) is 39.5 Å². The second-order valence-electron chi connectivity index (χ2n) is 8.18. The molecule has 0 aliphatic carbocycles. The van der Waals surface area contributed by atoms with Crippen molar-refractivity contribution in [2.75, 3.05) is 19.6 Å². The van der Waals surface area contributed by atoms with Crippen molar-refractivity contribution in [3.05, 3.63) is 56.7 Å². The van der Waals surface area contributed by atoms with Gasteiger partial charge in [-0.1, -0.05) is 25.0 Å². The van der Waals surface area contributed by atoms with E-state index in [1.807, 2.05) is 44.2 Å². The Morgan fingerprint density at radius 3 is 2.47 bits per heavy atom. The van der Waals surface area contributed by atoms with Crippen molar-refractivity contribution in [1.29, 1.82) is 0 Å². The van der Waals surface area contributed by atoms with Gasteiger partial charge in [-0.25, -0.2) is 0 Å². The van der Waals surface area contributed by atoms with Gasteiger partial charge in [-0.05, 0) is 84.2 Å². The fourth-order valence-electron chi connectivity index (χ4n) is 4.27. The van der Waals surface area contributed by atoms with Gasteiger partial charge < -0.3 is 9.47 Å². The Morgan fingerprint density at radius 2 is 1.78 bits per heavy atom. The predicted octanol–water partition coefficient (Wildman–Crippen LogP) is 5.30. The number of hydrogen-bond donors (Lipinski definition) is 0. The number of halogens is 1. The Labute approximate surface area is 200 Å². The van der Waals surface area contributed by atoms with Crippen molar-refractivity contribution >= 4 is 50.8 Å². The molecule has 3 heterocycles. The second-order valence-corrected chi connectivity index (χ2v) is 10.0. The lowest BCUT2D eigenvalue weighted by molar-refractivity contribution is -0.135. The van der Waals surface area contributed by atoms with Gasteiger partial charge in [-0.3, -0.25) is 19.3 Å². The number of rotatable bonds is 4. The van der Waals surface area contributed by atoms with Crippen LogP contribution in [0.4, 0.5) is 4.79 Å². The van der Waals surface area contributed by atoms with Crippen molar-refractivity contribution in [3.63, 3.8) is 0 Å². The van der Waals surface area contributed by atoms with Crippen molar-refractivity contribution in [2.24, 2.45) is 0 Å². The van der Waals surface area contributed by atoms with Gasteiger partial charge in [0.2, 0.25) is 5.91 Å². The summed E-state index contributed by atoms with van der Waals surface area (Å²) in [4.78, 5) is 41.4. The number of para-hydroxylation sites is 1. The number of carbonyl (C=O) groups is 3. The summed E-state index contributed by atoms with van der Waals surface area (Å²) in [5.41, 5.74) is 3.89. The van der Waals surface area contributed by atoms with Crippen LogP contribution in [0.2, 0.25) is 0 Å². The third-order valence-corrected chi connectivity index (χ3v) is 7.55. The lowest BCUT2D eigenvalue weighted by Crippen LogP contribution is -2.42. The largest absolute Gasteiger partial charge is 0.341 e. The Kier molecular flexibility index (Phi) is 6.90. The van der Waals surface area contributed by atoms with Gasteiger partial charge in [0.05, 0.1) is 10.6 Å². The number of carbonyl (C=O) groups excluding carboxylic acids is 3. The fourth-order valence-corrected chi connectivity index (χ4v) is 5.56. The SMILES string of the molecule is Cc1cc(C=C2SC(=O)N(CC(=O)N3CCCCCC3)C2=O)c(C)n1-c1ccccc1Br. The van der Waals surface area contributed by atoms with Crippen molar-refractivity contribution in [3.8, 4) is 5.69 Å². The molecule has 3 amide bonds. The Bertz CT molecular complexity index is 1100. The van der Waals surface area contributed by atoms with E-state index in [-0.39, 0.29) is 17.7 Å². The number of hydrogen-bond acceptors (Lipinski definition) is 4. The van der Waals surface area contributed by atoms with Crippen LogP contribution in [-0.4, -0.2) is 51.1 Å². The van der Waals surface area contributed by atoms with Crippen LogP contribution < -0.4 is 0 Å². The molecule has 8 heteroatoms. The van der Waals surface area contributed by atoms with E-state index in [2.05, 4.69) is 20.5 Å². The maximum absolute atomic E-state index is 13.0. The van der Waals surface area contributed by atoms with E-state index in [4.69, 9.17) is 0 Å². The van der Waals surface area contributed by atoms with Crippen molar-refractivity contribution in [1.82, 2.24) is 14.4 Å². The summed E-state index contributed by atoms with van der Waals surface area (Å²) in [6.07, 6.45) is 5.94. The van der Waals surface area contributed by atoms with Crippen LogP contribution in [0, 0.1) is 13.8 Å². The number of amides is 3. The first kappa shape index (κ1) is 22.9. The van der Waals surface area contributed by atoms with Gasteiger partial charge in [0.1, 0.15) is 6.54 Å². The van der Waals surface area contributed by atoms with Crippen LogP contribution >= 0.6 is 27.7 Å². The highest BCUT2D eigenvalue weighted by molar-refractivity contribution is 9.10. The molecule has 6 nitrogen and oxygen atoms in total. The quantitative estimate of drug-likeness (QED) is 0.518. The molecule has 2 aliphatic rings. The van der Waals surface area contributed by atoms with Gasteiger partial charge in [-0.2, -0.15) is 0 Å². The number of aryl methyl sites for hydroxylation is 1. The zero-order valence-corrected chi connectivity index (χ0v) is 20.7. The van der Waals surface area contributed by atoms with Gasteiger partial charge in [0.25, 0.3) is 11.1 Å². The summed E-state index contributed by atoms with van der Waals surface area (Å²) in [7, 11) is 0. The Morgan fingerprint density at radius 1 is 1.09 bits per heavy atom. The smallest absolute Gasteiger partial charge is 0.294 e. The summed E-state index contributed by atoms with van der Waals surface area (Å²) < 4.78 is 3.09. The topological polar surface area (TPSA) is 62.6 Å². The first-order chi connectivity index (χ1) is 15.4. The summed E-state index contributed by atoms with van der Waals surface area (Å²) >= 11 is 4.50. The first-order valence-electron chi connectivity index (χ1n) is 10.8. The summed E-state index contributed by atoms with van der Waals surface area (Å²) in [6.45, 7) is 5.22. The maximum atomic E-state index is 13.0. The third-order valence-electron chi connectivity index (χ3n) is 5.98. The Balaban J connectivity index is 1.55. The van der Waals surface area contributed by atoms with E-state index in [0.717, 1.165) is 69.5 Å². The van der Waals surface area contributed by atoms with Crippen LogP contribution in [0.15, 0.2) is 39.7 Å². The molecule has 0 radical (unpaired) electrons. The average Bonchev–Trinajstić information content (AvgIpc) is 3.05. The average molecular weight is 516 g/mol. The number of nitrogens with zero attached hydrogens (tertiary/aromatic N) is 3. The first-order valence-corrected chi connectivity index (χ1v) is 12.4. The van der Waals surface area contributed by atoms with E-state index in [1.54, 1.807) is 11.0 Å². The molecule has 2 aromatic rings. The number of aromatic nitrogens is 1. The zero-order chi connectivity index (χ0) is 22.8. The molecule has 2 saturated heterocycles. The summed E-state index contributed by atoms with van der Waals surface area (Å²) in [5, 5.41) is -0.385. The third kappa shape index (κ3) is 4.57. The minimum Gasteiger partial charge on any atom is -0.341 e. The van der Waals surface area contributed by atoms with E-state index >= 15 is 0 Å². The molecular formula is C24H26BrN3O3S. The molecule has 2 fully saturated rings. The molecule has 0 unspecified atom stereocenters. The standard InChI is InChI=1S/C24H26BrN3O3S/c1-16-13-18(17(2)28(16)20-10-6-5-9-19(20)25)14-21-23(30)27(24(31)32-21)15-22(29)26-11-7-3-4-8-12-26/h5-6,9-10,13-14H,3-4,7-8,11-12,15H2,1-2H3. The van der Waals surface area contributed by atoms with Crippen LogP contribution in [0.25, 0.3) is 11.8 Å². The van der Waals surface area contributed by atoms with Crippen LogP contribution in [-0.2, 0) is 9.59 Å². The van der Waals surface area contributed by atoms with Gasteiger partial charge in [0.15, 0.2) is 0 Å². The summed E-state index contributed by atoms with van der Waals surface area (Å²) in [6, 6.07) is 9.96. The van der Waals surface area contributed by atoms with Gasteiger partial charge >= 0.3 is 0 Å². The van der Waals surface area contributed by atoms with Crippen LogP contribution in [0.1, 0.15) is 42.6 Å². The van der Waals surface area contributed by atoms with Crippen LogP contribution in [0.5, 0.6) is 0 Å². The molecule has 168 valence electrons. The molecule has 2 aliphatic heterocycles. The molecule has 0 spiro atoms. The monoisotopic (exact) mass is 515 g/mol. The normalized spacial score (nSPS) is 18.5. The molecule has 32 heavy (non-hydrogen) atoms. The highest BCUT2D eigenvalue weighted by Crippen LogP contribution is 2.34. The molecule has 1 aromatic heterocycles. The van der Waals surface area contributed by atoms with Crippen LogP contribution in [0.3, 0.4) is 0 Å². The number of imide groups is 1. The molecule has 1 aromatic carbocycles. The second kappa shape index (κ2) is 9.67. The Hall–Kier alpha value is -2.32. The minimum absolute atomic E-state index is 0.150. The highest BCUT2D eigenvalue weighted by atomic mass is 79.9. The van der Waals surface area contributed by atoms with Gasteiger partial charge in [-0.15, -0.1) is 0 Å². The lowest BCUT2D eigenvalue weighted by atomic mass is 10.2. The minimum atomic E-state index is -0.395. The number of likely N-dealkylation sites (tertiary alicyclic amines) is 1. The molecular weight excluding hydrogens is 490 g/mol. The van der Waals surface area contributed by atoms with E-state index in [0.29, 0.717) is 18.0 Å². The van der Waals surface area contributed by atoms with E-state index in [9.17, 15) is 14.4 Å². The van der Waals surface area contributed by atoms with Gasteiger partial charge in [0, 0.05) is 29.0 Å². The van der Waals surface area contributed by atoms with Crippen molar-refractivity contribution < 1.29 is 14.4 Å². The predicted molar refractivity (Wildman–Crippen MR) is 131 cm³/mol. The molecule has 4 rings (SSSR count). The number of thioether (sulfide) groups is 1. The number of benzene rings is 1. The maximum Gasteiger partial charge on any atom is 0.294 e. The highest BCUT2D eigenvalue weighted by Gasteiger charge is 2.37. The molecule has 0 atom stereocenters. The van der Waals surface area contributed by atoms with E-state index in [1.165, 1.54) is 0 Å². The summed E-state index contributed by atoms with van der Waals surface area (Å²) in [5.74, 6) is -0.545. The zero-order valence-electron chi connectivity index (χ0n) is 18.3. The molecule has 0 bridgehead atoms. The fraction of sp³-hybridized carbons (Fsp3) is 0.375. The van der Waals surface area contributed by atoms with E-state index < -0.39 is 5.91 Å². The molecule has 0 saturated carbocycles. The molecule has 0 N–H and O–H groups in total.